The van der Waals surface area contributed by atoms with Gasteiger partial charge < -0.3 is 4.74 Å². The molecule has 0 radical (unpaired) electrons. The van der Waals surface area contributed by atoms with E-state index in [1.807, 2.05) is 0 Å². The maximum Gasteiger partial charge on any atom is 0.122 e. The zero-order valence-corrected chi connectivity index (χ0v) is 10.3. The van der Waals surface area contributed by atoms with E-state index < -0.39 is 0 Å². The third kappa shape index (κ3) is 3.27. The van der Waals surface area contributed by atoms with Gasteiger partial charge in [-0.2, -0.15) is 5.26 Å². The second-order valence-electron chi connectivity index (χ2n) is 4.20. The first-order valence-corrected chi connectivity index (χ1v) is 5.70. The molecule has 0 bridgehead atoms. The number of benzene rings is 1. The number of unbranched alkanes of at least 4 members (excludes halogenated alkanes) is 1. The molecule has 0 amide bonds. The van der Waals surface area contributed by atoms with Gasteiger partial charge in [0.15, 0.2) is 0 Å². The third-order valence-corrected chi connectivity index (χ3v) is 2.85. The quantitative estimate of drug-likeness (QED) is 0.703. The molecule has 0 aromatic heterocycles. The Balaban J connectivity index is 2.74. The Hall–Kier alpha value is -1.49. The van der Waals surface area contributed by atoms with Gasteiger partial charge in [-0.05, 0) is 42.9 Å². The van der Waals surface area contributed by atoms with Gasteiger partial charge in [0.25, 0.3) is 0 Å². The van der Waals surface area contributed by atoms with E-state index in [1.165, 1.54) is 11.1 Å². The summed E-state index contributed by atoms with van der Waals surface area (Å²) in [6, 6.07) is 8.49. The number of nitrogens with zero attached hydrogens (tertiary/aromatic N) is 1. The van der Waals surface area contributed by atoms with Crippen LogP contribution in [-0.4, -0.2) is 7.11 Å². The number of hydrogen-bond donors (Lipinski definition) is 0. The molecular formula is C14H19NO. The van der Waals surface area contributed by atoms with E-state index in [9.17, 15) is 0 Å². The molecule has 1 rings (SSSR count). The fourth-order valence-electron chi connectivity index (χ4n) is 1.87. The molecule has 0 N–H and O–H groups in total. The van der Waals surface area contributed by atoms with E-state index in [0.717, 1.165) is 18.6 Å². The number of hydrogen-bond acceptors (Lipinski definition) is 2. The lowest BCUT2D eigenvalue weighted by molar-refractivity contribution is 0.404. The van der Waals surface area contributed by atoms with Crippen LogP contribution in [0.5, 0.6) is 5.75 Å². The summed E-state index contributed by atoms with van der Waals surface area (Å²) in [4.78, 5) is 0. The van der Waals surface area contributed by atoms with Crippen molar-refractivity contribution >= 4 is 0 Å². The lowest BCUT2D eigenvalue weighted by atomic mass is 9.94. The van der Waals surface area contributed by atoms with Gasteiger partial charge >= 0.3 is 0 Å². The zero-order chi connectivity index (χ0) is 12.0. The van der Waals surface area contributed by atoms with Crippen LogP contribution in [0.3, 0.4) is 0 Å². The molecule has 2 nitrogen and oxygen atoms in total. The molecule has 86 valence electrons. The summed E-state index contributed by atoms with van der Waals surface area (Å²) in [5.74, 6) is 1.41. The van der Waals surface area contributed by atoms with Gasteiger partial charge in [0.05, 0.1) is 13.2 Å². The molecule has 1 atom stereocenters. The van der Waals surface area contributed by atoms with Crippen molar-refractivity contribution in [3.63, 3.8) is 0 Å². The Morgan fingerprint density at radius 1 is 1.44 bits per heavy atom. The predicted octanol–water partition coefficient (Wildman–Crippen LogP) is 3.80. The van der Waals surface area contributed by atoms with E-state index in [0.29, 0.717) is 12.3 Å². The minimum atomic E-state index is 0.448. The highest BCUT2D eigenvalue weighted by molar-refractivity contribution is 5.39. The largest absolute Gasteiger partial charge is 0.496 e. The Morgan fingerprint density at radius 3 is 2.81 bits per heavy atom. The van der Waals surface area contributed by atoms with Gasteiger partial charge in [0.2, 0.25) is 0 Å². The lowest BCUT2D eigenvalue weighted by Gasteiger charge is -2.15. The number of ether oxygens (including phenoxy) is 1. The van der Waals surface area contributed by atoms with Gasteiger partial charge in [0, 0.05) is 6.42 Å². The summed E-state index contributed by atoms with van der Waals surface area (Å²) in [5.41, 5.74) is 2.45. The fourth-order valence-corrected chi connectivity index (χ4v) is 1.87. The molecule has 0 saturated heterocycles. The standard InChI is InChI=1S/C14H19NO/c1-11-7-8-13(14(10-11)16-3)12(2)6-4-5-9-15/h7-8,10,12H,4-6H2,1-3H3. The van der Waals surface area contributed by atoms with Crippen LogP contribution in [-0.2, 0) is 0 Å². The summed E-state index contributed by atoms with van der Waals surface area (Å²) in [6.45, 7) is 4.25. The molecule has 0 aliphatic rings. The monoisotopic (exact) mass is 217 g/mol. The Kier molecular flexibility index (Phi) is 4.85. The van der Waals surface area contributed by atoms with E-state index in [1.54, 1.807) is 7.11 Å². The number of methoxy groups -OCH3 is 1. The van der Waals surface area contributed by atoms with Crippen molar-refractivity contribution < 1.29 is 4.74 Å². The van der Waals surface area contributed by atoms with Crippen molar-refractivity contribution in [1.82, 2.24) is 0 Å². The normalized spacial score (nSPS) is 11.9. The summed E-state index contributed by atoms with van der Waals surface area (Å²) >= 11 is 0. The van der Waals surface area contributed by atoms with E-state index in [-0.39, 0.29) is 0 Å². The highest BCUT2D eigenvalue weighted by Gasteiger charge is 2.10. The molecule has 0 aliphatic carbocycles. The van der Waals surface area contributed by atoms with Crippen molar-refractivity contribution in [2.45, 2.75) is 39.0 Å². The van der Waals surface area contributed by atoms with E-state index >= 15 is 0 Å². The molecule has 0 fully saturated rings. The highest BCUT2D eigenvalue weighted by atomic mass is 16.5. The minimum Gasteiger partial charge on any atom is -0.496 e. The number of aryl methyl sites for hydroxylation is 1. The second-order valence-corrected chi connectivity index (χ2v) is 4.20. The van der Waals surface area contributed by atoms with Crippen LogP contribution in [0.1, 0.15) is 43.2 Å². The number of nitriles is 1. The molecular weight excluding hydrogens is 198 g/mol. The molecule has 1 aromatic rings. The molecule has 1 aromatic carbocycles. The van der Waals surface area contributed by atoms with Crippen LogP contribution in [0.25, 0.3) is 0 Å². The third-order valence-electron chi connectivity index (χ3n) is 2.85. The Bertz CT molecular complexity index is 379. The average molecular weight is 217 g/mol. The first-order valence-electron chi connectivity index (χ1n) is 5.70. The van der Waals surface area contributed by atoms with Crippen LogP contribution < -0.4 is 4.74 Å². The van der Waals surface area contributed by atoms with Crippen molar-refractivity contribution in [3.8, 4) is 11.8 Å². The summed E-state index contributed by atoms with van der Waals surface area (Å²) in [7, 11) is 1.71. The van der Waals surface area contributed by atoms with Crippen molar-refractivity contribution in [3.05, 3.63) is 29.3 Å². The van der Waals surface area contributed by atoms with Gasteiger partial charge in [-0.3, -0.25) is 0 Å². The predicted molar refractivity (Wildman–Crippen MR) is 65.6 cm³/mol. The maximum absolute atomic E-state index is 8.51. The first kappa shape index (κ1) is 12.6. The fraction of sp³-hybridized carbons (Fsp3) is 0.500. The van der Waals surface area contributed by atoms with Crippen molar-refractivity contribution in [2.24, 2.45) is 0 Å². The molecule has 0 spiro atoms. The topological polar surface area (TPSA) is 33.0 Å². The molecule has 0 aliphatic heterocycles. The lowest BCUT2D eigenvalue weighted by Crippen LogP contribution is -1.98. The van der Waals surface area contributed by atoms with E-state index in [4.69, 9.17) is 10.00 Å². The second kappa shape index (κ2) is 6.17. The van der Waals surface area contributed by atoms with Crippen LogP contribution in [0.4, 0.5) is 0 Å². The van der Waals surface area contributed by atoms with Gasteiger partial charge in [0.1, 0.15) is 5.75 Å². The maximum atomic E-state index is 8.51. The summed E-state index contributed by atoms with van der Waals surface area (Å²) < 4.78 is 5.39. The van der Waals surface area contributed by atoms with Crippen LogP contribution >= 0.6 is 0 Å². The molecule has 1 unspecified atom stereocenters. The molecule has 0 saturated carbocycles. The smallest absolute Gasteiger partial charge is 0.122 e. The average Bonchev–Trinajstić information content (AvgIpc) is 2.29. The van der Waals surface area contributed by atoms with Crippen LogP contribution in [0.15, 0.2) is 18.2 Å². The van der Waals surface area contributed by atoms with E-state index in [2.05, 4.69) is 38.1 Å². The molecule has 2 heteroatoms. The van der Waals surface area contributed by atoms with Crippen molar-refractivity contribution in [1.29, 1.82) is 5.26 Å². The summed E-state index contributed by atoms with van der Waals surface area (Å²) in [5, 5.41) is 8.51. The van der Waals surface area contributed by atoms with Crippen LogP contribution in [0.2, 0.25) is 0 Å². The SMILES string of the molecule is COc1cc(C)ccc1C(C)CCCC#N. The van der Waals surface area contributed by atoms with Gasteiger partial charge in [-0.1, -0.05) is 19.1 Å². The summed E-state index contributed by atoms with van der Waals surface area (Å²) in [6.07, 6.45) is 2.63. The van der Waals surface area contributed by atoms with Gasteiger partial charge in [-0.25, -0.2) is 0 Å². The Labute approximate surface area is 97.9 Å². The van der Waals surface area contributed by atoms with Crippen LogP contribution in [0, 0.1) is 18.3 Å². The zero-order valence-electron chi connectivity index (χ0n) is 10.3. The highest BCUT2D eigenvalue weighted by Crippen LogP contribution is 2.30. The molecule has 0 heterocycles. The molecule has 16 heavy (non-hydrogen) atoms. The van der Waals surface area contributed by atoms with Gasteiger partial charge in [-0.15, -0.1) is 0 Å². The number of rotatable bonds is 5. The first-order chi connectivity index (χ1) is 7.69. The Morgan fingerprint density at radius 2 is 2.19 bits per heavy atom. The van der Waals surface area contributed by atoms with Crippen molar-refractivity contribution in [2.75, 3.05) is 7.11 Å². The minimum absolute atomic E-state index is 0.448.